The monoisotopic (exact) mass is 1160 g/mol. The molecule has 0 amide bonds. The largest absolute Gasteiger partial charge is 0.334 e. The van der Waals surface area contributed by atoms with Crippen LogP contribution in [0.1, 0.15) is 182 Å². The normalized spacial score (nSPS) is 18.2. The van der Waals surface area contributed by atoms with E-state index in [0.29, 0.717) is 0 Å². The van der Waals surface area contributed by atoms with Crippen LogP contribution in [-0.2, 0) is 32.5 Å². The summed E-state index contributed by atoms with van der Waals surface area (Å²) in [7, 11) is 0. The van der Waals surface area contributed by atoms with Crippen molar-refractivity contribution in [2.45, 2.75) is 188 Å². The molecule has 0 radical (unpaired) electrons. The van der Waals surface area contributed by atoms with Crippen LogP contribution in [0.25, 0.3) is 11.1 Å². The van der Waals surface area contributed by atoms with Crippen LogP contribution in [0.2, 0.25) is 0 Å². The number of rotatable bonds is 7. The van der Waals surface area contributed by atoms with Gasteiger partial charge in [0.05, 0.1) is 11.2 Å². The number of benzene rings is 9. The second-order valence-corrected chi connectivity index (χ2v) is 32.0. The lowest BCUT2D eigenvalue weighted by molar-refractivity contribution is 0.195. The zero-order valence-corrected chi connectivity index (χ0v) is 56.1. The second-order valence-electron chi connectivity index (χ2n) is 32.0. The Morgan fingerprint density at radius 3 is 1.43 bits per heavy atom. The minimum absolute atomic E-state index is 0.00295. The maximum Gasteiger partial charge on any atom is 0.252 e. The summed E-state index contributed by atoms with van der Waals surface area (Å²) >= 11 is 0. The fourth-order valence-electron chi connectivity index (χ4n) is 15.4. The van der Waals surface area contributed by atoms with Crippen LogP contribution in [0.4, 0.5) is 62.6 Å². The summed E-state index contributed by atoms with van der Waals surface area (Å²) in [5.41, 5.74) is 28.9. The Hall–Kier alpha value is -7.76. The first-order valence-electron chi connectivity index (χ1n) is 32.7. The summed E-state index contributed by atoms with van der Waals surface area (Å²) in [6.07, 6.45) is 4.63. The Bertz CT molecular complexity index is 4100. The summed E-state index contributed by atoms with van der Waals surface area (Å²) < 4.78 is 0. The third-order valence-corrected chi connectivity index (χ3v) is 20.8. The lowest BCUT2D eigenvalue weighted by atomic mass is 9.33. The molecular weight excluding hydrogens is 1060 g/mol. The molecule has 5 heteroatoms. The van der Waals surface area contributed by atoms with Crippen LogP contribution >= 0.6 is 0 Å². The van der Waals surface area contributed by atoms with Crippen molar-refractivity contribution in [3.8, 4) is 11.1 Å². The molecule has 9 aromatic rings. The predicted octanol–water partition coefficient (Wildman–Crippen LogP) is 21.4. The Morgan fingerprint density at radius 2 is 0.864 bits per heavy atom. The van der Waals surface area contributed by atoms with E-state index < -0.39 is 0 Å². The van der Waals surface area contributed by atoms with Gasteiger partial charge in [-0.1, -0.05) is 215 Å². The van der Waals surface area contributed by atoms with E-state index in [-0.39, 0.29) is 44.7 Å². The Balaban J connectivity index is 1.03. The standard InChI is InChI=1S/C83H93BN4/c1-54-48-74-76-75(49-54)87(70-43-32-59(80(11,12)13)50-66(70)55-24-20-19-21-25-55)72-44-33-60(81(14,15)16)51-69(72)84(76)68-42-40-65(53-73(68)86(74)63-38-30-58(31-39-63)79(8,9)10)88-71-45-41-64(52-67(71)82(17)46-22-23-47-83(82,88)18)85(61-34-26-56(27-35-61)77(2,3)4)62-36-28-57(29-37-62)78(5,6)7/h19-21,24-45,48-53H,22-23,46-47H2,1-18H3. The molecule has 448 valence electrons. The molecule has 1 saturated carbocycles. The third-order valence-electron chi connectivity index (χ3n) is 20.8. The van der Waals surface area contributed by atoms with Crippen LogP contribution in [0.3, 0.4) is 0 Å². The van der Waals surface area contributed by atoms with Gasteiger partial charge in [0.1, 0.15) is 0 Å². The lowest BCUT2D eigenvalue weighted by Crippen LogP contribution is -2.61. The third kappa shape index (κ3) is 9.80. The number of hydrogen-bond donors (Lipinski definition) is 0. The first-order chi connectivity index (χ1) is 41.4. The van der Waals surface area contributed by atoms with Gasteiger partial charge in [0, 0.05) is 67.9 Å². The van der Waals surface area contributed by atoms with E-state index in [0.717, 1.165) is 12.8 Å². The van der Waals surface area contributed by atoms with Crippen molar-refractivity contribution in [1.29, 1.82) is 0 Å². The molecule has 0 aromatic heterocycles. The molecule has 3 heterocycles. The number of fused-ring (bicyclic) bond motifs is 7. The molecule has 2 atom stereocenters. The Morgan fingerprint density at radius 1 is 0.386 bits per heavy atom. The molecule has 0 N–H and O–H groups in total. The van der Waals surface area contributed by atoms with E-state index in [4.69, 9.17) is 0 Å². The van der Waals surface area contributed by atoms with Gasteiger partial charge in [0.2, 0.25) is 0 Å². The molecule has 1 aliphatic carbocycles. The number of anilines is 11. The van der Waals surface area contributed by atoms with Crippen molar-refractivity contribution >= 4 is 85.7 Å². The van der Waals surface area contributed by atoms with Crippen LogP contribution < -0.4 is 36.0 Å². The minimum atomic E-state index is -0.192. The maximum absolute atomic E-state index is 2.80. The Kier molecular flexibility index (Phi) is 13.9. The van der Waals surface area contributed by atoms with Gasteiger partial charge in [0.15, 0.2) is 0 Å². The minimum Gasteiger partial charge on any atom is -0.334 e. The van der Waals surface area contributed by atoms with Gasteiger partial charge in [-0.3, -0.25) is 0 Å². The number of nitrogens with zero attached hydrogens (tertiary/aromatic N) is 4. The van der Waals surface area contributed by atoms with Crippen molar-refractivity contribution in [3.63, 3.8) is 0 Å². The molecular formula is C83H93BN4. The predicted molar refractivity (Wildman–Crippen MR) is 382 cm³/mol. The average molecular weight is 1160 g/mol. The second kappa shape index (κ2) is 20.7. The van der Waals surface area contributed by atoms with Gasteiger partial charge in [0.25, 0.3) is 6.71 Å². The quantitative estimate of drug-likeness (QED) is 0.147. The van der Waals surface area contributed by atoms with E-state index in [9.17, 15) is 0 Å². The van der Waals surface area contributed by atoms with Crippen LogP contribution in [-0.4, -0.2) is 12.3 Å². The topological polar surface area (TPSA) is 13.0 Å². The molecule has 1 fully saturated rings. The summed E-state index contributed by atoms with van der Waals surface area (Å²) in [6.45, 7) is 42.3. The van der Waals surface area contributed by atoms with Gasteiger partial charge in [-0.15, -0.1) is 0 Å². The van der Waals surface area contributed by atoms with E-state index in [1.165, 1.54) is 142 Å². The van der Waals surface area contributed by atoms with Crippen LogP contribution in [0, 0.1) is 6.92 Å². The van der Waals surface area contributed by atoms with Crippen LogP contribution in [0.15, 0.2) is 188 Å². The highest BCUT2D eigenvalue weighted by Gasteiger charge is 2.58. The van der Waals surface area contributed by atoms with E-state index in [1.54, 1.807) is 0 Å². The van der Waals surface area contributed by atoms with Gasteiger partial charge < -0.3 is 19.6 Å². The van der Waals surface area contributed by atoms with Gasteiger partial charge in [-0.25, -0.2) is 0 Å². The highest BCUT2D eigenvalue weighted by Crippen LogP contribution is 2.62. The maximum atomic E-state index is 2.80. The fourth-order valence-corrected chi connectivity index (χ4v) is 15.4. The van der Waals surface area contributed by atoms with Crippen molar-refractivity contribution < 1.29 is 0 Å². The SMILES string of the molecule is Cc1cc2c3c(c1)N(c1ccc(C(C)(C)C)cc1-c1ccccc1)c1ccc(C(C)(C)C)cc1B3c1ccc(N3c4ccc(N(c5ccc(C(C)(C)C)cc5)c5ccc(C(C)(C)C)cc5)cc4C4(C)CCCCC34C)cc1N2c1ccc(C(C)(C)C)cc1. The molecule has 13 rings (SSSR count). The molecule has 4 aliphatic rings. The van der Waals surface area contributed by atoms with Crippen molar-refractivity contribution in [3.05, 3.63) is 227 Å². The molecule has 88 heavy (non-hydrogen) atoms. The van der Waals surface area contributed by atoms with E-state index in [1.807, 2.05) is 0 Å². The first kappa shape index (κ1) is 59.2. The first-order valence-corrected chi connectivity index (χ1v) is 32.7. The summed E-state index contributed by atoms with van der Waals surface area (Å²) in [6, 6.07) is 74.0. The summed E-state index contributed by atoms with van der Waals surface area (Å²) in [4.78, 5) is 10.6. The highest BCUT2D eigenvalue weighted by atomic mass is 15.3. The van der Waals surface area contributed by atoms with Crippen LogP contribution in [0.5, 0.6) is 0 Å². The fraction of sp³-hybridized carbons (Fsp3) is 0.349. The molecule has 4 nitrogen and oxygen atoms in total. The van der Waals surface area contributed by atoms with E-state index in [2.05, 4.69) is 332 Å². The lowest BCUT2D eigenvalue weighted by Gasteiger charge is -2.50. The molecule has 0 bridgehead atoms. The molecule has 9 aromatic carbocycles. The smallest absolute Gasteiger partial charge is 0.252 e. The summed E-state index contributed by atoms with van der Waals surface area (Å²) in [5, 5.41) is 0. The number of aryl methyl sites for hydroxylation is 1. The average Bonchev–Trinajstić information content (AvgIpc) is 1.28. The van der Waals surface area contributed by atoms with Gasteiger partial charge in [-0.2, -0.15) is 0 Å². The van der Waals surface area contributed by atoms with Gasteiger partial charge in [-0.05, 0) is 212 Å². The van der Waals surface area contributed by atoms with Gasteiger partial charge >= 0.3 is 0 Å². The zero-order valence-electron chi connectivity index (χ0n) is 56.1. The summed E-state index contributed by atoms with van der Waals surface area (Å²) in [5.74, 6) is 0. The number of hydrogen-bond acceptors (Lipinski definition) is 4. The zero-order chi connectivity index (χ0) is 62.4. The molecule has 2 unspecified atom stereocenters. The molecule has 0 spiro atoms. The van der Waals surface area contributed by atoms with Crippen molar-refractivity contribution in [2.75, 3.05) is 19.6 Å². The van der Waals surface area contributed by atoms with Crippen molar-refractivity contribution in [2.24, 2.45) is 0 Å². The van der Waals surface area contributed by atoms with Crippen molar-refractivity contribution in [1.82, 2.24) is 0 Å². The van der Waals surface area contributed by atoms with E-state index >= 15 is 0 Å². The molecule has 3 aliphatic heterocycles. The molecule has 0 saturated heterocycles. The highest BCUT2D eigenvalue weighted by molar-refractivity contribution is 7.00. The Labute approximate surface area is 528 Å².